The summed E-state index contributed by atoms with van der Waals surface area (Å²) in [6, 6.07) is 30.2. The first-order valence-corrected chi connectivity index (χ1v) is 9.60. The largest absolute Gasteiger partial charge is 0.351 e. The van der Waals surface area contributed by atoms with E-state index >= 15 is 0 Å². The fourth-order valence-corrected chi connectivity index (χ4v) is 3.56. The van der Waals surface area contributed by atoms with Crippen molar-refractivity contribution in [3.8, 4) is 6.07 Å². The average Bonchev–Trinajstić information content (AvgIpc) is 2.77. The second-order valence-corrected chi connectivity index (χ2v) is 6.89. The van der Waals surface area contributed by atoms with Gasteiger partial charge in [-0.1, -0.05) is 78.9 Å². The first kappa shape index (κ1) is 18.5. The molecule has 0 saturated carbocycles. The maximum Gasteiger partial charge on any atom is 0.261 e. The topological polar surface area (TPSA) is 52.9 Å². The normalized spacial score (nSPS) is 11.3. The molecule has 3 nitrogen and oxygen atoms in total. The minimum atomic E-state index is -0.347. The molecule has 0 aliphatic rings. The minimum Gasteiger partial charge on any atom is -0.351 e. The van der Waals surface area contributed by atoms with E-state index in [1.165, 1.54) is 0 Å². The van der Waals surface area contributed by atoms with Gasteiger partial charge in [-0.3, -0.25) is 4.79 Å². The SMILES string of the molecule is N#CC(=Cc1c2ccccc2cc2ccccc12)C(=O)NCCc1ccccc1. The number of nitriles is 1. The molecule has 29 heavy (non-hydrogen) atoms. The van der Waals surface area contributed by atoms with Crippen LogP contribution in [-0.2, 0) is 11.2 Å². The summed E-state index contributed by atoms with van der Waals surface area (Å²) in [5.74, 6) is -0.347. The van der Waals surface area contributed by atoms with Crippen LogP contribution < -0.4 is 5.32 Å². The summed E-state index contributed by atoms with van der Waals surface area (Å²) >= 11 is 0. The summed E-state index contributed by atoms with van der Waals surface area (Å²) in [7, 11) is 0. The van der Waals surface area contributed by atoms with Gasteiger partial charge >= 0.3 is 0 Å². The Hall–Kier alpha value is -3.90. The van der Waals surface area contributed by atoms with Gasteiger partial charge in [-0.25, -0.2) is 0 Å². The average molecular weight is 376 g/mol. The summed E-state index contributed by atoms with van der Waals surface area (Å²) in [5.41, 5.74) is 2.16. The third-order valence-electron chi connectivity index (χ3n) is 5.01. The molecule has 4 aromatic carbocycles. The molecule has 1 amide bonds. The van der Waals surface area contributed by atoms with Crippen LogP contribution in [0.1, 0.15) is 11.1 Å². The zero-order valence-corrected chi connectivity index (χ0v) is 15.9. The Balaban J connectivity index is 1.66. The van der Waals surface area contributed by atoms with Gasteiger partial charge in [-0.2, -0.15) is 5.26 Å². The zero-order valence-electron chi connectivity index (χ0n) is 15.9. The predicted octanol–water partition coefficient (Wildman–Crippen LogP) is 5.26. The summed E-state index contributed by atoms with van der Waals surface area (Å²) in [4.78, 5) is 12.6. The van der Waals surface area contributed by atoms with E-state index in [9.17, 15) is 10.1 Å². The molecule has 0 atom stereocenters. The first-order valence-electron chi connectivity index (χ1n) is 9.60. The molecule has 0 spiro atoms. The lowest BCUT2D eigenvalue weighted by Crippen LogP contribution is -2.26. The van der Waals surface area contributed by atoms with Crippen LogP contribution in [0.15, 0.2) is 90.5 Å². The van der Waals surface area contributed by atoms with Crippen LogP contribution in [0, 0.1) is 11.3 Å². The molecule has 0 aliphatic carbocycles. The minimum absolute atomic E-state index is 0.111. The molecular formula is C26H20N2O. The van der Waals surface area contributed by atoms with Crippen molar-refractivity contribution in [2.24, 2.45) is 0 Å². The molecule has 4 aromatic rings. The van der Waals surface area contributed by atoms with E-state index in [-0.39, 0.29) is 11.5 Å². The van der Waals surface area contributed by atoms with Crippen molar-refractivity contribution in [2.75, 3.05) is 6.54 Å². The number of fused-ring (bicyclic) bond motifs is 2. The van der Waals surface area contributed by atoms with Crippen molar-refractivity contribution in [2.45, 2.75) is 6.42 Å². The fourth-order valence-electron chi connectivity index (χ4n) is 3.56. The Kier molecular flexibility index (Phi) is 5.36. The van der Waals surface area contributed by atoms with Crippen LogP contribution in [0.3, 0.4) is 0 Å². The van der Waals surface area contributed by atoms with Crippen molar-refractivity contribution in [3.63, 3.8) is 0 Å². The molecular weight excluding hydrogens is 356 g/mol. The van der Waals surface area contributed by atoms with Crippen molar-refractivity contribution in [1.82, 2.24) is 5.32 Å². The molecule has 0 bridgehead atoms. The smallest absolute Gasteiger partial charge is 0.261 e. The summed E-state index contributed by atoms with van der Waals surface area (Å²) < 4.78 is 0. The summed E-state index contributed by atoms with van der Waals surface area (Å²) in [6.07, 6.45) is 2.44. The monoisotopic (exact) mass is 376 g/mol. The number of rotatable bonds is 5. The van der Waals surface area contributed by atoms with Crippen LogP contribution in [0.4, 0.5) is 0 Å². The number of hydrogen-bond acceptors (Lipinski definition) is 2. The Morgan fingerprint density at radius 2 is 1.45 bits per heavy atom. The fraction of sp³-hybridized carbons (Fsp3) is 0.0769. The Morgan fingerprint density at radius 3 is 2.07 bits per heavy atom. The molecule has 0 radical (unpaired) electrons. The van der Waals surface area contributed by atoms with Crippen molar-refractivity contribution < 1.29 is 4.79 Å². The van der Waals surface area contributed by atoms with E-state index < -0.39 is 0 Å². The quantitative estimate of drug-likeness (QED) is 0.293. The lowest BCUT2D eigenvalue weighted by Gasteiger charge is -2.09. The van der Waals surface area contributed by atoms with Crippen LogP contribution >= 0.6 is 0 Å². The molecule has 140 valence electrons. The Labute approximate surface area is 169 Å². The maximum absolute atomic E-state index is 12.6. The van der Waals surface area contributed by atoms with E-state index in [1.807, 2.05) is 78.9 Å². The van der Waals surface area contributed by atoms with Gasteiger partial charge in [0.15, 0.2) is 0 Å². The van der Waals surface area contributed by atoms with Gasteiger partial charge in [0.25, 0.3) is 5.91 Å². The first-order chi connectivity index (χ1) is 14.3. The third-order valence-corrected chi connectivity index (χ3v) is 5.01. The lowest BCUT2D eigenvalue weighted by molar-refractivity contribution is -0.117. The van der Waals surface area contributed by atoms with Gasteiger partial charge in [-0.15, -0.1) is 0 Å². The van der Waals surface area contributed by atoms with Crippen molar-refractivity contribution in [1.29, 1.82) is 5.26 Å². The molecule has 0 fully saturated rings. The molecule has 0 saturated heterocycles. The van der Waals surface area contributed by atoms with Gasteiger partial charge < -0.3 is 5.32 Å². The molecule has 0 unspecified atom stereocenters. The molecule has 0 heterocycles. The molecule has 1 N–H and O–H groups in total. The number of nitrogens with one attached hydrogen (secondary N) is 1. The summed E-state index contributed by atoms with van der Waals surface area (Å²) in [5, 5.41) is 16.7. The third kappa shape index (κ3) is 4.02. The number of hydrogen-bond donors (Lipinski definition) is 1. The van der Waals surface area contributed by atoms with E-state index in [0.717, 1.165) is 39.1 Å². The highest BCUT2D eigenvalue weighted by Gasteiger charge is 2.12. The number of amides is 1. The van der Waals surface area contributed by atoms with Crippen LogP contribution in [0.25, 0.3) is 27.6 Å². The van der Waals surface area contributed by atoms with Gasteiger partial charge in [0.05, 0.1) is 0 Å². The second kappa shape index (κ2) is 8.41. The highest BCUT2D eigenvalue weighted by atomic mass is 16.1. The van der Waals surface area contributed by atoms with E-state index in [4.69, 9.17) is 0 Å². The number of carbonyl (C=O) groups is 1. The number of nitrogens with zero attached hydrogens (tertiary/aromatic N) is 1. The van der Waals surface area contributed by atoms with E-state index in [2.05, 4.69) is 17.5 Å². The van der Waals surface area contributed by atoms with E-state index in [1.54, 1.807) is 6.08 Å². The Bertz CT molecular complexity index is 1200. The zero-order chi connectivity index (χ0) is 20.1. The number of benzene rings is 4. The highest BCUT2D eigenvalue weighted by Crippen LogP contribution is 2.30. The van der Waals surface area contributed by atoms with Gasteiger partial charge in [0.2, 0.25) is 0 Å². The summed E-state index contributed by atoms with van der Waals surface area (Å²) in [6.45, 7) is 0.484. The van der Waals surface area contributed by atoms with E-state index in [0.29, 0.717) is 6.54 Å². The van der Waals surface area contributed by atoms with Crippen molar-refractivity contribution in [3.05, 3.63) is 102 Å². The van der Waals surface area contributed by atoms with Gasteiger partial charge in [-0.05, 0) is 51.2 Å². The van der Waals surface area contributed by atoms with Crippen molar-refractivity contribution >= 4 is 33.5 Å². The molecule has 3 heteroatoms. The van der Waals surface area contributed by atoms with Crippen LogP contribution in [0.5, 0.6) is 0 Å². The highest BCUT2D eigenvalue weighted by molar-refractivity contribution is 6.11. The van der Waals surface area contributed by atoms with Gasteiger partial charge in [0.1, 0.15) is 11.6 Å². The Morgan fingerprint density at radius 1 is 0.862 bits per heavy atom. The van der Waals surface area contributed by atoms with Crippen LogP contribution in [-0.4, -0.2) is 12.5 Å². The van der Waals surface area contributed by atoms with Crippen LogP contribution in [0.2, 0.25) is 0 Å². The number of carbonyl (C=O) groups excluding carboxylic acids is 1. The second-order valence-electron chi connectivity index (χ2n) is 6.89. The van der Waals surface area contributed by atoms with Gasteiger partial charge in [0, 0.05) is 6.54 Å². The standard InChI is InChI=1S/C26H20N2O/c27-18-22(26(29)28-15-14-19-8-2-1-3-9-19)17-25-23-12-6-4-10-20(23)16-21-11-5-7-13-24(21)25/h1-13,16-17H,14-15H2,(H,28,29). The predicted molar refractivity (Wildman–Crippen MR) is 118 cm³/mol. The molecule has 0 aliphatic heterocycles. The molecule has 0 aromatic heterocycles. The lowest BCUT2D eigenvalue weighted by atomic mass is 9.95. The molecule has 4 rings (SSSR count). The maximum atomic E-state index is 12.6.